The van der Waals surface area contributed by atoms with E-state index in [0.29, 0.717) is 17.2 Å². The molecule has 2 rings (SSSR count). The highest BCUT2D eigenvalue weighted by atomic mass is 35.5. The van der Waals surface area contributed by atoms with Gasteiger partial charge in [-0.05, 0) is 18.6 Å². The summed E-state index contributed by atoms with van der Waals surface area (Å²) in [5, 5.41) is 3.31. The van der Waals surface area contributed by atoms with Gasteiger partial charge in [0.15, 0.2) is 0 Å². The third kappa shape index (κ3) is 3.60. The van der Waals surface area contributed by atoms with Crippen LogP contribution in [0, 0.1) is 0 Å². The molecular formula is C16H17ClN2O2. The summed E-state index contributed by atoms with van der Waals surface area (Å²) < 4.78 is 5.27. The minimum absolute atomic E-state index is 0.259. The molecule has 0 fully saturated rings. The molecule has 1 aromatic heterocycles. The van der Waals surface area contributed by atoms with Crippen LogP contribution in [0.5, 0.6) is 0 Å². The van der Waals surface area contributed by atoms with Gasteiger partial charge in [0.25, 0.3) is 5.91 Å². The zero-order valence-corrected chi connectivity index (χ0v) is 12.7. The maximum absolute atomic E-state index is 12.5. The fraction of sp³-hybridized carbons (Fsp3) is 0.250. The molecular weight excluding hydrogens is 288 g/mol. The summed E-state index contributed by atoms with van der Waals surface area (Å²) in [6, 6.07) is 11.3. The Hall–Kier alpha value is -1.91. The van der Waals surface area contributed by atoms with Crippen LogP contribution in [-0.2, 0) is 10.3 Å². The smallest absolute Gasteiger partial charge is 0.253 e. The largest absolute Gasteiger partial charge is 0.382 e. The quantitative estimate of drug-likeness (QED) is 0.924. The number of benzene rings is 1. The molecule has 21 heavy (non-hydrogen) atoms. The molecule has 1 N–H and O–H groups in total. The summed E-state index contributed by atoms with van der Waals surface area (Å²) in [7, 11) is 1.60. The van der Waals surface area contributed by atoms with Crippen molar-refractivity contribution in [2.24, 2.45) is 0 Å². The van der Waals surface area contributed by atoms with Gasteiger partial charge in [0.2, 0.25) is 0 Å². The Morgan fingerprint density at radius 3 is 2.67 bits per heavy atom. The van der Waals surface area contributed by atoms with Gasteiger partial charge in [-0.3, -0.25) is 9.78 Å². The van der Waals surface area contributed by atoms with Gasteiger partial charge in [-0.2, -0.15) is 0 Å². The molecule has 110 valence electrons. The first-order valence-electron chi connectivity index (χ1n) is 6.53. The van der Waals surface area contributed by atoms with E-state index in [4.69, 9.17) is 16.3 Å². The van der Waals surface area contributed by atoms with E-state index in [9.17, 15) is 4.79 Å². The summed E-state index contributed by atoms with van der Waals surface area (Å²) in [6.07, 6.45) is 2.99. The molecule has 0 saturated heterocycles. The van der Waals surface area contributed by atoms with Crippen LogP contribution in [0.25, 0.3) is 0 Å². The molecule has 1 heterocycles. The van der Waals surface area contributed by atoms with Gasteiger partial charge in [0, 0.05) is 19.5 Å². The van der Waals surface area contributed by atoms with Crippen molar-refractivity contribution < 1.29 is 9.53 Å². The van der Waals surface area contributed by atoms with Crippen LogP contribution >= 0.6 is 11.6 Å². The molecule has 0 aliphatic heterocycles. The molecule has 0 unspecified atom stereocenters. The number of carbonyl (C=O) groups excluding carboxylic acids is 1. The molecule has 1 aromatic carbocycles. The summed E-state index contributed by atoms with van der Waals surface area (Å²) in [4.78, 5) is 16.3. The summed E-state index contributed by atoms with van der Waals surface area (Å²) in [6.45, 7) is 2.27. The summed E-state index contributed by atoms with van der Waals surface area (Å²) in [5.74, 6) is -0.259. The third-order valence-electron chi connectivity index (χ3n) is 3.25. The van der Waals surface area contributed by atoms with Crippen LogP contribution in [0.15, 0.2) is 48.8 Å². The number of methoxy groups -OCH3 is 1. The highest BCUT2D eigenvalue weighted by Crippen LogP contribution is 2.23. The second-order valence-corrected chi connectivity index (χ2v) is 5.35. The fourth-order valence-electron chi connectivity index (χ4n) is 2.16. The fourth-order valence-corrected chi connectivity index (χ4v) is 2.37. The molecule has 0 saturated carbocycles. The molecule has 0 aliphatic rings. The van der Waals surface area contributed by atoms with Gasteiger partial charge in [-0.25, -0.2) is 0 Å². The predicted molar refractivity (Wildman–Crippen MR) is 82.4 cm³/mol. The van der Waals surface area contributed by atoms with Crippen molar-refractivity contribution in [3.8, 4) is 0 Å². The Bertz CT molecular complexity index is 619. The van der Waals surface area contributed by atoms with Gasteiger partial charge >= 0.3 is 0 Å². The van der Waals surface area contributed by atoms with E-state index in [1.165, 1.54) is 12.4 Å². The number of ether oxygens (including phenoxy) is 1. The second kappa shape index (κ2) is 6.70. The Labute approximate surface area is 129 Å². The molecule has 4 nitrogen and oxygen atoms in total. The van der Waals surface area contributed by atoms with Crippen LogP contribution in [-0.4, -0.2) is 24.6 Å². The van der Waals surface area contributed by atoms with Crippen molar-refractivity contribution in [3.63, 3.8) is 0 Å². The number of aromatic nitrogens is 1. The van der Waals surface area contributed by atoms with Crippen molar-refractivity contribution in [1.82, 2.24) is 10.3 Å². The van der Waals surface area contributed by atoms with Crippen LogP contribution in [0.2, 0.25) is 5.02 Å². The highest BCUT2D eigenvalue weighted by molar-refractivity contribution is 6.33. The topological polar surface area (TPSA) is 51.2 Å². The van der Waals surface area contributed by atoms with Gasteiger partial charge < -0.3 is 10.1 Å². The third-order valence-corrected chi connectivity index (χ3v) is 3.55. The monoisotopic (exact) mass is 304 g/mol. The first-order valence-corrected chi connectivity index (χ1v) is 6.91. The molecule has 0 radical (unpaired) electrons. The first-order chi connectivity index (χ1) is 10.1. The molecule has 5 heteroatoms. The lowest BCUT2D eigenvalue weighted by molar-refractivity contribution is 0.0786. The van der Waals surface area contributed by atoms with Crippen LogP contribution < -0.4 is 5.32 Å². The van der Waals surface area contributed by atoms with E-state index in [2.05, 4.69) is 10.3 Å². The van der Waals surface area contributed by atoms with E-state index < -0.39 is 5.54 Å². The first kappa shape index (κ1) is 15.5. The second-order valence-electron chi connectivity index (χ2n) is 4.94. The van der Waals surface area contributed by atoms with E-state index in [1.54, 1.807) is 13.2 Å². The van der Waals surface area contributed by atoms with E-state index in [1.807, 2.05) is 37.3 Å². The standard InChI is InChI=1S/C16H17ClN2O2/c1-16(11-21-2,12-6-4-3-5-7-12)19-15(20)13-8-9-18-10-14(13)17/h3-10H,11H2,1-2H3,(H,19,20)/t16-/m0/s1. The average Bonchev–Trinajstić information content (AvgIpc) is 2.48. The predicted octanol–water partition coefficient (Wildman–Crippen LogP) is 3.03. The van der Waals surface area contributed by atoms with Crippen LogP contribution in [0.1, 0.15) is 22.8 Å². The number of hydrogen-bond acceptors (Lipinski definition) is 3. The number of amides is 1. The van der Waals surface area contributed by atoms with Gasteiger partial charge in [0.05, 0.1) is 22.7 Å². The van der Waals surface area contributed by atoms with Crippen molar-refractivity contribution in [2.75, 3.05) is 13.7 Å². The number of halogens is 1. The molecule has 1 amide bonds. The lowest BCUT2D eigenvalue weighted by atomic mass is 9.92. The van der Waals surface area contributed by atoms with Crippen LogP contribution in [0.4, 0.5) is 0 Å². The van der Waals surface area contributed by atoms with Crippen molar-refractivity contribution >= 4 is 17.5 Å². The van der Waals surface area contributed by atoms with Crippen molar-refractivity contribution in [2.45, 2.75) is 12.5 Å². The Kier molecular flexibility index (Phi) is 4.94. The zero-order chi connectivity index (χ0) is 15.3. The SMILES string of the molecule is COC[C@](C)(NC(=O)c1ccncc1Cl)c1ccccc1. The lowest BCUT2D eigenvalue weighted by Crippen LogP contribution is -2.46. The molecule has 0 bridgehead atoms. The van der Waals surface area contributed by atoms with E-state index >= 15 is 0 Å². The number of hydrogen-bond donors (Lipinski definition) is 1. The highest BCUT2D eigenvalue weighted by Gasteiger charge is 2.29. The Balaban J connectivity index is 2.29. The minimum atomic E-state index is -0.639. The number of nitrogens with one attached hydrogen (secondary N) is 1. The average molecular weight is 305 g/mol. The number of rotatable bonds is 5. The summed E-state index contributed by atoms with van der Waals surface area (Å²) >= 11 is 6.02. The lowest BCUT2D eigenvalue weighted by Gasteiger charge is -2.31. The van der Waals surface area contributed by atoms with Gasteiger partial charge in [-0.15, -0.1) is 0 Å². The van der Waals surface area contributed by atoms with Crippen LogP contribution in [0.3, 0.4) is 0 Å². The minimum Gasteiger partial charge on any atom is -0.382 e. The van der Waals surface area contributed by atoms with Crippen molar-refractivity contribution in [1.29, 1.82) is 0 Å². The maximum atomic E-state index is 12.5. The van der Waals surface area contributed by atoms with E-state index in [-0.39, 0.29) is 5.91 Å². The van der Waals surface area contributed by atoms with Crippen molar-refractivity contribution in [3.05, 3.63) is 64.9 Å². The Morgan fingerprint density at radius 1 is 1.33 bits per heavy atom. The summed E-state index contributed by atoms with van der Waals surface area (Å²) in [5.41, 5.74) is 0.718. The number of pyridine rings is 1. The number of nitrogens with zero attached hydrogens (tertiary/aromatic N) is 1. The normalized spacial score (nSPS) is 13.5. The maximum Gasteiger partial charge on any atom is 0.253 e. The Morgan fingerprint density at radius 2 is 2.05 bits per heavy atom. The van der Waals surface area contributed by atoms with E-state index in [0.717, 1.165) is 5.56 Å². The molecule has 0 spiro atoms. The molecule has 2 aromatic rings. The molecule has 1 atom stereocenters. The number of carbonyl (C=O) groups is 1. The van der Waals surface area contributed by atoms with Gasteiger partial charge in [0.1, 0.15) is 0 Å². The molecule has 0 aliphatic carbocycles. The zero-order valence-electron chi connectivity index (χ0n) is 12.0. The van der Waals surface area contributed by atoms with Gasteiger partial charge in [-0.1, -0.05) is 41.9 Å².